The Morgan fingerprint density at radius 2 is 2.07 bits per heavy atom. The maximum absolute atomic E-state index is 12.9. The second-order valence-corrected chi connectivity index (χ2v) is 6.43. The maximum atomic E-state index is 12.9. The molecule has 7 nitrogen and oxygen atoms in total. The fourth-order valence-corrected chi connectivity index (χ4v) is 3.15. The third-order valence-corrected chi connectivity index (χ3v) is 4.56. The molecule has 0 bridgehead atoms. The summed E-state index contributed by atoms with van der Waals surface area (Å²) in [7, 11) is 1.57. The second-order valence-electron chi connectivity index (χ2n) is 6.43. The summed E-state index contributed by atoms with van der Waals surface area (Å²) in [6.07, 6.45) is 1.69. The molecule has 1 aliphatic rings. The Bertz CT molecular complexity index is 1010. The molecule has 2 heterocycles. The van der Waals surface area contributed by atoms with Gasteiger partial charge in [-0.2, -0.15) is 5.10 Å². The van der Waals surface area contributed by atoms with E-state index in [0.29, 0.717) is 34.2 Å². The Morgan fingerprint density at radius 3 is 2.89 bits per heavy atom. The maximum Gasteiger partial charge on any atom is 0.255 e. The predicted octanol–water partition coefficient (Wildman–Crippen LogP) is 4.02. The lowest BCUT2D eigenvalue weighted by molar-refractivity contribution is 0.102. The number of ether oxygens (including phenoxy) is 3. The molecule has 1 amide bonds. The molecule has 2 aromatic carbocycles. The molecule has 28 heavy (non-hydrogen) atoms. The van der Waals surface area contributed by atoms with Gasteiger partial charge < -0.3 is 19.5 Å². The monoisotopic (exact) mass is 379 g/mol. The number of nitrogens with zero attached hydrogens (tertiary/aromatic N) is 1. The predicted molar refractivity (Wildman–Crippen MR) is 105 cm³/mol. The summed E-state index contributed by atoms with van der Waals surface area (Å²) in [4.78, 5) is 12.9. The molecule has 0 aliphatic carbocycles. The van der Waals surface area contributed by atoms with Crippen LogP contribution in [0.3, 0.4) is 0 Å². The normalized spacial score (nSPS) is 12.1. The molecule has 0 saturated carbocycles. The summed E-state index contributed by atoms with van der Waals surface area (Å²) < 4.78 is 16.1. The molecular formula is C21H21N3O4. The van der Waals surface area contributed by atoms with E-state index in [1.807, 2.05) is 18.2 Å². The smallest absolute Gasteiger partial charge is 0.255 e. The Hall–Kier alpha value is -3.48. The molecule has 0 atom stereocenters. The highest BCUT2D eigenvalue weighted by molar-refractivity contribution is 6.06. The lowest BCUT2D eigenvalue weighted by atomic mass is 10.1. The van der Waals surface area contributed by atoms with Crippen LogP contribution in [0, 0.1) is 0 Å². The number of nitrogens with one attached hydrogen (secondary N) is 2. The molecule has 3 aromatic rings. The summed E-state index contributed by atoms with van der Waals surface area (Å²) in [6.45, 7) is 2.29. The van der Waals surface area contributed by atoms with E-state index in [-0.39, 0.29) is 12.7 Å². The fourth-order valence-electron chi connectivity index (χ4n) is 3.15. The van der Waals surface area contributed by atoms with Gasteiger partial charge in [-0.3, -0.25) is 9.89 Å². The first-order chi connectivity index (χ1) is 13.7. The van der Waals surface area contributed by atoms with Gasteiger partial charge in [0.15, 0.2) is 11.5 Å². The van der Waals surface area contributed by atoms with Crippen molar-refractivity contribution in [3.8, 4) is 28.5 Å². The van der Waals surface area contributed by atoms with Gasteiger partial charge in [0, 0.05) is 11.1 Å². The van der Waals surface area contributed by atoms with E-state index >= 15 is 0 Å². The minimum absolute atomic E-state index is 0.208. The summed E-state index contributed by atoms with van der Waals surface area (Å²) in [5.41, 5.74) is 3.57. The molecule has 0 fully saturated rings. The van der Waals surface area contributed by atoms with E-state index in [0.717, 1.165) is 24.1 Å². The summed E-state index contributed by atoms with van der Waals surface area (Å²) in [5, 5.41) is 10.5. The number of aromatic nitrogens is 2. The van der Waals surface area contributed by atoms with Gasteiger partial charge in [0.2, 0.25) is 6.79 Å². The van der Waals surface area contributed by atoms with Crippen LogP contribution in [-0.4, -0.2) is 30.0 Å². The number of benzene rings is 2. The molecule has 1 aromatic heterocycles. The van der Waals surface area contributed by atoms with Crippen molar-refractivity contribution < 1.29 is 19.0 Å². The van der Waals surface area contributed by atoms with Gasteiger partial charge in [-0.25, -0.2) is 0 Å². The Morgan fingerprint density at radius 1 is 1.21 bits per heavy atom. The van der Waals surface area contributed by atoms with E-state index in [9.17, 15) is 4.79 Å². The zero-order valence-corrected chi connectivity index (χ0v) is 15.7. The zero-order valence-electron chi connectivity index (χ0n) is 15.7. The van der Waals surface area contributed by atoms with Crippen molar-refractivity contribution in [2.24, 2.45) is 0 Å². The van der Waals surface area contributed by atoms with E-state index in [2.05, 4.69) is 22.4 Å². The third kappa shape index (κ3) is 3.38. The minimum Gasteiger partial charge on any atom is -0.497 e. The average Bonchev–Trinajstić information content (AvgIpc) is 3.35. The zero-order chi connectivity index (χ0) is 19.5. The van der Waals surface area contributed by atoms with Crippen molar-refractivity contribution in [3.63, 3.8) is 0 Å². The number of aryl methyl sites for hydroxylation is 1. The number of rotatable bonds is 6. The van der Waals surface area contributed by atoms with Crippen LogP contribution in [0.4, 0.5) is 5.69 Å². The van der Waals surface area contributed by atoms with E-state index in [1.165, 1.54) is 0 Å². The lowest BCUT2D eigenvalue weighted by Gasteiger charge is -2.10. The average molecular weight is 379 g/mol. The Labute approximate surface area is 162 Å². The molecule has 2 N–H and O–H groups in total. The van der Waals surface area contributed by atoms with Crippen LogP contribution >= 0.6 is 0 Å². The van der Waals surface area contributed by atoms with Gasteiger partial charge in [-0.15, -0.1) is 0 Å². The number of hydrogen-bond acceptors (Lipinski definition) is 5. The lowest BCUT2D eigenvalue weighted by Crippen LogP contribution is -2.13. The van der Waals surface area contributed by atoms with Gasteiger partial charge in [-0.05, 0) is 42.8 Å². The van der Waals surface area contributed by atoms with Gasteiger partial charge in [0.05, 0.1) is 18.5 Å². The number of H-pyrrole nitrogens is 1. The molecule has 4 rings (SSSR count). The first-order valence-electron chi connectivity index (χ1n) is 9.12. The highest BCUT2D eigenvalue weighted by Crippen LogP contribution is 2.38. The van der Waals surface area contributed by atoms with E-state index in [1.54, 1.807) is 31.4 Å². The van der Waals surface area contributed by atoms with E-state index < -0.39 is 0 Å². The number of fused-ring (bicyclic) bond motifs is 1. The van der Waals surface area contributed by atoms with Gasteiger partial charge in [0.25, 0.3) is 5.91 Å². The van der Waals surface area contributed by atoms with Crippen LogP contribution < -0.4 is 19.5 Å². The van der Waals surface area contributed by atoms with Crippen LogP contribution in [0.2, 0.25) is 0 Å². The SMILES string of the molecule is CCCc1[nH]nc(-c2ccc3c(c2)OCO3)c1NC(=O)c1cccc(OC)c1. The topological polar surface area (TPSA) is 85.5 Å². The van der Waals surface area contributed by atoms with E-state index in [4.69, 9.17) is 14.2 Å². The van der Waals surface area contributed by atoms with Crippen molar-refractivity contribution >= 4 is 11.6 Å². The molecule has 0 spiro atoms. The van der Waals surface area contributed by atoms with Crippen LogP contribution in [0.15, 0.2) is 42.5 Å². The highest BCUT2D eigenvalue weighted by Gasteiger charge is 2.21. The van der Waals surface area contributed by atoms with Crippen molar-refractivity contribution in [1.29, 1.82) is 0 Å². The molecule has 144 valence electrons. The first kappa shape index (κ1) is 17.9. The molecule has 7 heteroatoms. The number of amides is 1. The van der Waals surface area contributed by atoms with Crippen molar-refractivity contribution in [1.82, 2.24) is 10.2 Å². The van der Waals surface area contributed by atoms with Crippen molar-refractivity contribution in [3.05, 3.63) is 53.7 Å². The first-order valence-corrected chi connectivity index (χ1v) is 9.12. The summed E-state index contributed by atoms with van der Waals surface area (Å²) in [6, 6.07) is 12.7. The molecule has 1 aliphatic heterocycles. The number of carbonyl (C=O) groups excluding carboxylic acids is 1. The van der Waals surface area contributed by atoms with Gasteiger partial charge in [-0.1, -0.05) is 19.4 Å². The number of anilines is 1. The number of methoxy groups -OCH3 is 1. The molecule has 0 saturated heterocycles. The Balaban J connectivity index is 1.69. The van der Waals surface area contributed by atoms with Crippen LogP contribution in [0.1, 0.15) is 29.4 Å². The van der Waals surface area contributed by atoms with Crippen LogP contribution in [-0.2, 0) is 6.42 Å². The quantitative estimate of drug-likeness (QED) is 0.676. The highest BCUT2D eigenvalue weighted by atomic mass is 16.7. The Kier molecular flexibility index (Phi) is 4.89. The number of carbonyl (C=O) groups is 1. The van der Waals surface area contributed by atoms with Crippen molar-refractivity contribution in [2.45, 2.75) is 19.8 Å². The summed E-state index contributed by atoms with van der Waals surface area (Å²) in [5.74, 6) is 1.78. The molecular weight excluding hydrogens is 358 g/mol. The summed E-state index contributed by atoms with van der Waals surface area (Å²) >= 11 is 0. The van der Waals surface area contributed by atoms with Gasteiger partial charge in [0.1, 0.15) is 11.4 Å². The minimum atomic E-state index is -0.223. The standard InChI is InChI=1S/C21H21N3O4/c1-3-5-16-20(22-21(25)14-6-4-7-15(10-14)26-2)19(24-23-16)13-8-9-17-18(11-13)28-12-27-17/h4,6-11H,3,5,12H2,1-2H3,(H,22,25)(H,23,24). The van der Waals surface area contributed by atoms with Crippen LogP contribution in [0.25, 0.3) is 11.3 Å². The van der Waals surface area contributed by atoms with Crippen LogP contribution in [0.5, 0.6) is 17.2 Å². The molecule has 0 radical (unpaired) electrons. The third-order valence-electron chi connectivity index (χ3n) is 4.56. The van der Waals surface area contributed by atoms with Crippen molar-refractivity contribution in [2.75, 3.05) is 19.2 Å². The number of aromatic amines is 1. The van der Waals surface area contributed by atoms with Gasteiger partial charge >= 0.3 is 0 Å². The largest absolute Gasteiger partial charge is 0.497 e. The number of hydrogen-bond donors (Lipinski definition) is 2. The molecule has 0 unspecified atom stereocenters. The second kappa shape index (κ2) is 7.64. The fraction of sp³-hybridized carbons (Fsp3) is 0.238.